The van der Waals surface area contributed by atoms with Gasteiger partial charge in [0.15, 0.2) is 5.78 Å². The topological polar surface area (TPSA) is 29.1 Å². The van der Waals surface area contributed by atoms with E-state index in [-0.39, 0.29) is 11.0 Å². The lowest BCUT2D eigenvalue weighted by atomic mass is 9.38. The van der Waals surface area contributed by atoms with E-state index in [1.807, 2.05) is 6.08 Å². The van der Waals surface area contributed by atoms with Crippen LogP contribution in [0.3, 0.4) is 0 Å². The number of allylic oxidation sites excluding steroid dienone is 1. The molecule has 0 saturated heterocycles. The number of aryl methyl sites for hydroxylation is 2. The van der Waals surface area contributed by atoms with E-state index in [0.29, 0.717) is 11.2 Å². The summed E-state index contributed by atoms with van der Waals surface area (Å²) in [6, 6.07) is 4.62. The molecule has 1 aromatic carbocycles. The van der Waals surface area contributed by atoms with Gasteiger partial charge < -0.3 is 5.32 Å². The number of hydrogen-bond acceptors (Lipinski definition) is 2. The van der Waals surface area contributed by atoms with E-state index in [9.17, 15) is 4.79 Å². The molecule has 2 nitrogen and oxygen atoms in total. The van der Waals surface area contributed by atoms with E-state index in [4.69, 9.17) is 0 Å². The molecule has 5 aliphatic rings. The Labute approximate surface area is 162 Å². The Morgan fingerprint density at radius 3 is 2.37 bits per heavy atom. The van der Waals surface area contributed by atoms with Gasteiger partial charge in [0, 0.05) is 28.3 Å². The number of fused-ring (bicyclic) bond motifs is 2. The molecule has 2 unspecified atom stereocenters. The minimum absolute atomic E-state index is 0.00827. The Kier molecular flexibility index (Phi) is 2.85. The first-order chi connectivity index (χ1) is 12.7. The Balaban J connectivity index is 1.40. The molecular weight excluding hydrogens is 330 g/mol. The molecule has 4 saturated carbocycles. The zero-order chi connectivity index (χ0) is 18.8. The Bertz CT molecular complexity index is 904. The highest BCUT2D eigenvalue weighted by Crippen LogP contribution is 2.84. The molecular formula is C25H31NO. The fourth-order valence-electron chi connectivity index (χ4n) is 7.99. The van der Waals surface area contributed by atoms with Crippen LogP contribution in [0.15, 0.2) is 18.2 Å². The zero-order valence-electron chi connectivity index (χ0n) is 17.1. The van der Waals surface area contributed by atoms with Crippen molar-refractivity contribution in [1.82, 2.24) is 5.32 Å². The minimum Gasteiger partial charge on any atom is -0.379 e. The van der Waals surface area contributed by atoms with Crippen molar-refractivity contribution < 1.29 is 4.79 Å². The van der Waals surface area contributed by atoms with Crippen molar-refractivity contribution in [3.8, 4) is 0 Å². The number of hydrogen-bond donors (Lipinski definition) is 1. The number of rotatable bonds is 2. The number of benzene rings is 1. The van der Waals surface area contributed by atoms with Crippen LogP contribution in [-0.4, -0.2) is 11.3 Å². The lowest BCUT2D eigenvalue weighted by molar-refractivity contribution is -0.177. The van der Waals surface area contributed by atoms with Gasteiger partial charge in [-0.3, -0.25) is 4.79 Å². The molecule has 142 valence electrons. The average molecular weight is 362 g/mol. The van der Waals surface area contributed by atoms with Crippen molar-refractivity contribution in [3.05, 3.63) is 40.5 Å². The largest absolute Gasteiger partial charge is 0.379 e. The van der Waals surface area contributed by atoms with Gasteiger partial charge >= 0.3 is 0 Å². The summed E-state index contributed by atoms with van der Waals surface area (Å²) in [6.45, 7) is 8.86. The second kappa shape index (κ2) is 4.70. The third-order valence-corrected chi connectivity index (χ3v) is 9.25. The molecule has 1 aliphatic heterocycles. The van der Waals surface area contributed by atoms with E-state index in [0.717, 1.165) is 29.9 Å². The maximum atomic E-state index is 13.6. The minimum atomic E-state index is -0.0310. The summed E-state index contributed by atoms with van der Waals surface area (Å²) in [4.78, 5) is 13.6. The highest BCUT2D eigenvalue weighted by atomic mass is 16.1. The maximum absolute atomic E-state index is 13.6. The van der Waals surface area contributed by atoms with E-state index in [1.54, 1.807) is 0 Å². The second-order valence-corrected chi connectivity index (χ2v) is 11.2. The molecule has 2 atom stereocenters. The summed E-state index contributed by atoms with van der Waals surface area (Å²) in [5.41, 5.74) is 6.93. The molecule has 4 aliphatic carbocycles. The lowest BCUT2D eigenvalue weighted by Gasteiger charge is -2.66. The molecule has 6 rings (SSSR count). The van der Waals surface area contributed by atoms with Gasteiger partial charge in [0.05, 0.1) is 0 Å². The third kappa shape index (κ3) is 1.90. The summed E-state index contributed by atoms with van der Waals surface area (Å²) in [7, 11) is 0. The summed E-state index contributed by atoms with van der Waals surface area (Å²) in [6.07, 6.45) is 9.39. The van der Waals surface area contributed by atoms with Crippen molar-refractivity contribution in [2.45, 2.75) is 71.8 Å². The van der Waals surface area contributed by atoms with Gasteiger partial charge in [-0.2, -0.15) is 0 Å². The van der Waals surface area contributed by atoms with Crippen molar-refractivity contribution in [2.75, 3.05) is 0 Å². The highest BCUT2D eigenvalue weighted by molar-refractivity contribution is 6.01. The van der Waals surface area contributed by atoms with Crippen LogP contribution in [0, 0.1) is 42.4 Å². The summed E-state index contributed by atoms with van der Waals surface area (Å²) in [5.74, 6) is 3.12. The monoisotopic (exact) mass is 361 g/mol. The van der Waals surface area contributed by atoms with Crippen LogP contribution in [0.1, 0.15) is 68.2 Å². The van der Waals surface area contributed by atoms with Crippen molar-refractivity contribution in [1.29, 1.82) is 0 Å². The SMILES string of the molecule is Cc1cc2c(cc1C)/C(=C/C(=O)C13CC4CC5CC(C1)C54C3)NC(C)(C)C2. The van der Waals surface area contributed by atoms with Gasteiger partial charge in [0.1, 0.15) is 0 Å². The molecule has 1 spiro atoms. The molecule has 27 heavy (non-hydrogen) atoms. The number of nitrogens with one attached hydrogen (secondary N) is 1. The van der Waals surface area contributed by atoms with Gasteiger partial charge in [-0.15, -0.1) is 0 Å². The molecule has 0 radical (unpaired) electrons. The van der Waals surface area contributed by atoms with Crippen LogP contribution in [-0.2, 0) is 11.2 Å². The Hall–Kier alpha value is -1.57. The maximum Gasteiger partial charge on any atom is 0.163 e. The lowest BCUT2D eigenvalue weighted by Crippen LogP contribution is -2.59. The van der Waals surface area contributed by atoms with Crippen LogP contribution in [0.25, 0.3) is 5.70 Å². The third-order valence-electron chi connectivity index (χ3n) is 9.25. The van der Waals surface area contributed by atoms with Crippen LogP contribution >= 0.6 is 0 Å². The van der Waals surface area contributed by atoms with Gasteiger partial charge in [-0.05, 0) is 112 Å². The average Bonchev–Trinajstić information content (AvgIpc) is 3.04. The predicted octanol–water partition coefficient (Wildman–Crippen LogP) is 4.96. The van der Waals surface area contributed by atoms with Crippen LogP contribution < -0.4 is 5.32 Å². The van der Waals surface area contributed by atoms with Crippen LogP contribution in [0.2, 0.25) is 0 Å². The van der Waals surface area contributed by atoms with Crippen LogP contribution in [0.4, 0.5) is 0 Å². The number of ketones is 1. The summed E-state index contributed by atoms with van der Waals surface area (Å²) in [5, 5.41) is 3.70. The number of carbonyl (C=O) groups excluding carboxylic acids is 1. The Morgan fingerprint density at radius 1 is 1.07 bits per heavy atom. The normalized spacial score (nSPS) is 43.4. The summed E-state index contributed by atoms with van der Waals surface area (Å²) >= 11 is 0. The fraction of sp³-hybridized carbons (Fsp3) is 0.640. The van der Waals surface area contributed by atoms with E-state index >= 15 is 0 Å². The van der Waals surface area contributed by atoms with E-state index in [2.05, 4.69) is 45.1 Å². The van der Waals surface area contributed by atoms with E-state index in [1.165, 1.54) is 54.4 Å². The smallest absolute Gasteiger partial charge is 0.163 e. The summed E-state index contributed by atoms with van der Waals surface area (Å²) < 4.78 is 0. The quantitative estimate of drug-likeness (QED) is 0.754. The fourth-order valence-corrected chi connectivity index (χ4v) is 7.99. The van der Waals surface area contributed by atoms with Crippen molar-refractivity contribution >= 4 is 11.5 Å². The zero-order valence-corrected chi connectivity index (χ0v) is 17.1. The first-order valence-electron chi connectivity index (χ1n) is 10.9. The van der Waals surface area contributed by atoms with Gasteiger partial charge in [-0.1, -0.05) is 6.07 Å². The molecule has 1 N–H and O–H groups in total. The molecule has 0 amide bonds. The number of carbonyl (C=O) groups is 1. The van der Waals surface area contributed by atoms with Gasteiger partial charge in [0.25, 0.3) is 0 Å². The Morgan fingerprint density at radius 2 is 1.74 bits per heavy atom. The van der Waals surface area contributed by atoms with Crippen molar-refractivity contribution in [2.24, 2.45) is 28.6 Å². The molecule has 1 heterocycles. The highest BCUT2D eigenvalue weighted by Gasteiger charge is 2.78. The van der Waals surface area contributed by atoms with Gasteiger partial charge in [-0.25, -0.2) is 0 Å². The standard InChI is InChI=1S/C25H31NO/c1-14-5-16-10-23(3,4)26-21(20(16)6-15(14)2)9-22(27)24-11-18-7-17-8-19(12-24)25(17,18)13-24/h5-6,9,17-19,26H,7-8,10-13H2,1-4H3/b21-9-. The molecule has 4 fully saturated rings. The molecule has 2 bridgehead atoms. The first-order valence-corrected chi connectivity index (χ1v) is 10.9. The molecule has 0 aromatic heterocycles. The van der Waals surface area contributed by atoms with Crippen LogP contribution in [0.5, 0.6) is 0 Å². The molecule has 2 heteroatoms. The first kappa shape index (κ1) is 16.4. The van der Waals surface area contributed by atoms with Crippen molar-refractivity contribution in [3.63, 3.8) is 0 Å². The molecule has 1 aromatic rings. The van der Waals surface area contributed by atoms with E-state index < -0.39 is 0 Å². The predicted molar refractivity (Wildman–Crippen MR) is 108 cm³/mol. The second-order valence-electron chi connectivity index (χ2n) is 11.2. The van der Waals surface area contributed by atoms with Gasteiger partial charge in [0.2, 0.25) is 0 Å².